The van der Waals surface area contributed by atoms with Crippen LogP contribution in [-0.2, 0) is 0 Å². The maximum Gasteiger partial charge on any atom is 0.340 e. The zero-order valence-electron chi connectivity index (χ0n) is 12.4. The second kappa shape index (κ2) is 6.78. The highest BCUT2D eigenvalue weighted by molar-refractivity contribution is 6.04. The van der Waals surface area contributed by atoms with Gasteiger partial charge >= 0.3 is 11.9 Å². The van der Waals surface area contributed by atoms with Crippen LogP contribution in [0.15, 0.2) is 17.7 Å². The van der Waals surface area contributed by atoms with Crippen molar-refractivity contribution in [3.8, 4) is 11.5 Å². The Morgan fingerprint density at radius 3 is 2.29 bits per heavy atom. The standard InChI is InChI=1S/C15H18O6/c1-8(2)5-6-21-11-7-10(14(16)17)12(15(18)19)13(20-4)9(11)3/h5,7H,6H2,1-4H3,(H,16,17)(H,18,19). The molecule has 114 valence electrons. The Kier molecular flexibility index (Phi) is 5.35. The lowest BCUT2D eigenvalue weighted by atomic mass is 10.0. The summed E-state index contributed by atoms with van der Waals surface area (Å²) >= 11 is 0. The lowest BCUT2D eigenvalue weighted by molar-refractivity contribution is 0.0647. The van der Waals surface area contributed by atoms with E-state index in [1.807, 2.05) is 19.9 Å². The fraction of sp³-hybridized carbons (Fsp3) is 0.333. The monoisotopic (exact) mass is 294 g/mol. The van der Waals surface area contributed by atoms with E-state index >= 15 is 0 Å². The van der Waals surface area contributed by atoms with Crippen LogP contribution in [0.2, 0.25) is 0 Å². The summed E-state index contributed by atoms with van der Waals surface area (Å²) < 4.78 is 10.6. The maximum absolute atomic E-state index is 11.3. The molecule has 0 saturated heterocycles. The highest BCUT2D eigenvalue weighted by Gasteiger charge is 2.25. The molecule has 1 aromatic rings. The van der Waals surface area contributed by atoms with Crippen molar-refractivity contribution in [3.05, 3.63) is 34.4 Å². The van der Waals surface area contributed by atoms with E-state index in [1.165, 1.54) is 13.2 Å². The molecule has 0 aliphatic rings. The minimum absolute atomic E-state index is 0.00500. The van der Waals surface area contributed by atoms with Crippen molar-refractivity contribution in [2.75, 3.05) is 13.7 Å². The van der Waals surface area contributed by atoms with Crippen LogP contribution < -0.4 is 9.47 Å². The molecule has 6 heteroatoms. The van der Waals surface area contributed by atoms with Crippen molar-refractivity contribution in [2.45, 2.75) is 20.8 Å². The van der Waals surface area contributed by atoms with Gasteiger partial charge in [0, 0.05) is 5.56 Å². The molecule has 0 aromatic heterocycles. The zero-order chi connectivity index (χ0) is 16.2. The van der Waals surface area contributed by atoms with Gasteiger partial charge in [0.2, 0.25) is 0 Å². The largest absolute Gasteiger partial charge is 0.495 e. The molecule has 21 heavy (non-hydrogen) atoms. The Labute approximate surface area is 122 Å². The molecule has 2 N–H and O–H groups in total. The number of carboxylic acid groups (broad SMARTS) is 2. The van der Waals surface area contributed by atoms with E-state index in [0.29, 0.717) is 5.56 Å². The lowest BCUT2D eigenvalue weighted by Crippen LogP contribution is -2.12. The highest BCUT2D eigenvalue weighted by atomic mass is 16.5. The molecular formula is C15H18O6. The van der Waals surface area contributed by atoms with Crippen LogP contribution in [0.25, 0.3) is 0 Å². The molecular weight excluding hydrogens is 276 g/mol. The van der Waals surface area contributed by atoms with Crippen molar-refractivity contribution >= 4 is 11.9 Å². The van der Waals surface area contributed by atoms with Gasteiger partial charge in [-0.25, -0.2) is 9.59 Å². The van der Waals surface area contributed by atoms with Gasteiger partial charge < -0.3 is 19.7 Å². The summed E-state index contributed by atoms with van der Waals surface area (Å²) in [6.07, 6.45) is 1.83. The molecule has 0 atom stereocenters. The fourth-order valence-electron chi connectivity index (χ4n) is 1.82. The normalized spacial score (nSPS) is 9.90. The summed E-state index contributed by atoms with van der Waals surface area (Å²) in [5.41, 5.74) is 0.761. The molecule has 0 amide bonds. The Morgan fingerprint density at radius 1 is 1.24 bits per heavy atom. The van der Waals surface area contributed by atoms with Gasteiger partial charge in [-0.2, -0.15) is 0 Å². The number of ether oxygens (including phenoxy) is 2. The fourth-order valence-corrected chi connectivity index (χ4v) is 1.82. The third kappa shape index (κ3) is 3.75. The van der Waals surface area contributed by atoms with Gasteiger partial charge in [0.1, 0.15) is 23.7 Å². The first-order valence-corrected chi connectivity index (χ1v) is 6.23. The van der Waals surface area contributed by atoms with Gasteiger partial charge in [-0.15, -0.1) is 0 Å². The molecule has 0 fully saturated rings. The second-order valence-corrected chi connectivity index (χ2v) is 4.66. The van der Waals surface area contributed by atoms with Crippen LogP contribution in [0.4, 0.5) is 0 Å². The molecule has 1 aromatic carbocycles. The van der Waals surface area contributed by atoms with E-state index in [1.54, 1.807) is 6.92 Å². The molecule has 0 aliphatic heterocycles. The summed E-state index contributed by atoms with van der Waals surface area (Å²) in [4.78, 5) is 22.5. The van der Waals surface area contributed by atoms with E-state index in [0.717, 1.165) is 5.57 Å². The molecule has 0 unspecified atom stereocenters. The lowest BCUT2D eigenvalue weighted by Gasteiger charge is -2.15. The van der Waals surface area contributed by atoms with Crippen LogP contribution in [0.3, 0.4) is 0 Å². The molecule has 0 heterocycles. The molecule has 1 rings (SSSR count). The summed E-state index contributed by atoms with van der Waals surface area (Å²) in [5, 5.41) is 18.4. The highest BCUT2D eigenvalue weighted by Crippen LogP contribution is 2.34. The summed E-state index contributed by atoms with van der Waals surface area (Å²) in [5.74, 6) is -2.43. The van der Waals surface area contributed by atoms with E-state index in [2.05, 4.69) is 0 Å². The minimum Gasteiger partial charge on any atom is -0.495 e. The molecule has 0 saturated carbocycles. The number of carbonyl (C=O) groups is 2. The van der Waals surface area contributed by atoms with Crippen LogP contribution in [0, 0.1) is 6.92 Å². The Balaban J connectivity index is 3.41. The van der Waals surface area contributed by atoms with Gasteiger partial charge in [-0.05, 0) is 32.9 Å². The van der Waals surface area contributed by atoms with Gasteiger partial charge in [0.15, 0.2) is 0 Å². The predicted molar refractivity (Wildman–Crippen MR) is 76.6 cm³/mol. The molecule has 0 spiro atoms. The second-order valence-electron chi connectivity index (χ2n) is 4.66. The minimum atomic E-state index is -1.36. The molecule has 0 radical (unpaired) electrons. The third-order valence-corrected chi connectivity index (χ3v) is 2.86. The van der Waals surface area contributed by atoms with Crippen LogP contribution >= 0.6 is 0 Å². The van der Waals surface area contributed by atoms with Crippen LogP contribution in [0.5, 0.6) is 11.5 Å². The summed E-state index contributed by atoms with van der Waals surface area (Å²) in [7, 11) is 1.29. The third-order valence-electron chi connectivity index (χ3n) is 2.86. The van der Waals surface area contributed by atoms with Crippen LogP contribution in [0.1, 0.15) is 40.1 Å². The Hall–Kier alpha value is -2.50. The molecule has 0 aliphatic carbocycles. The van der Waals surface area contributed by atoms with Gasteiger partial charge in [0.05, 0.1) is 12.7 Å². The Bertz CT molecular complexity index is 597. The van der Waals surface area contributed by atoms with Crippen molar-refractivity contribution in [3.63, 3.8) is 0 Å². The topological polar surface area (TPSA) is 93.1 Å². The van der Waals surface area contributed by atoms with Crippen molar-refractivity contribution in [1.29, 1.82) is 0 Å². The number of benzene rings is 1. The number of allylic oxidation sites excluding steroid dienone is 1. The van der Waals surface area contributed by atoms with Crippen molar-refractivity contribution in [1.82, 2.24) is 0 Å². The number of carboxylic acids is 2. The summed E-state index contributed by atoms with van der Waals surface area (Å²) in [6.45, 7) is 5.70. The molecule has 6 nitrogen and oxygen atoms in total. The quantitative estimate of drug-likeness (QED) is 0.784. The number of rotatable bonds is 6. The van der Waals surface area contributed by atoms with E-state index in [4.69, 9.17) is 9.47 Å². The predicted octanol–water partition coefficient (Wildman–Crippen LogP) is 2.75. The van der Waals surface area contributed by atoms with E-state index in [9.17, 15) is 19.8 Å². The first kappa shape index (κ1) is 16.6. The SMILES string of the molecule is COc1c(C)c(OCC=C(C)C)cc(C(=O)O)c1C(=O)O. The van der Waals surface area contributed by atoms with Crippen molar-refractivity contribution < 1.29 is 29.3 Å². The van der Waals surface area contributed by atoms with Crippen molar-refractivity contribution in [2.24, 2.45) is 0 Å². The average Bonchev–Trinajstić information content (AvgIpc) is 2.38. The number of methoxy groups -OCH3 is 1. The zero-order valence-corrected chi connectivity index (χ0v) is 12.4. The van der Waals surface area contributed by atoms with Gasteiger partial charge in [-0.3, -0.25) is 0 Å². The van der Waals surface area contributed by atoms with E-state index in [-0.39, 0.29) is 29.2 Å². The van der Waals surface area contributed by atoms with Gasteiger partial charge in [-0.1, -0.05) is 5.57 Å². The number of aromatic carboxylic acids is 2. The number of hydrogen-bond donors (Lipinski definition) is 2. The van der Waals surface area contributed by atoms with Crippen LogP contribution in [-0.4, -0.2) is 35.9 Å². The van der Waals surface area contributed by atoms with E-state index < -0.39 is 11.9 Å². The Morgan fingerprint density at radius 2 is 1.86 bits per heavy atom. The average molecular weight is 294 g/mol. The maximum atomic E-state index is 11.3. The molecule has 0 bridgehead atoms. The summed E-state index contributed by atoms with van der Waals surface area (Å²) in [6, 6.07) is 1.21. The number of hydrogen-bond acceptors (Lipinski definition) is 4. The first-order chi connectivity index (χ1) is 9.79. The van der Waals surface area contributed by atoms with Gasteiger partial charge in [0.25, 0.3) is 0 Å². The smallest absolute Gasteiger partial charge is 0.340 e. The first-order valence-electron chi connectivity index (χ1n) is 6.23.